The summed E-state index contributed by atoms with van der Waals surface area (Å²) < 4.78 is 16.4. The second-order valence-electron chi connectivity index (χ2n) is 5.04. The minimum absolute atomic E-state index is 0.0590. The first kappa shape index (κ1) is 16.2. The summed E-state index contributed by atoms with van der Waals surface area (Å²) in [6.07, 6.45) is 1.71. The number of halogens is 2. The number of hydrogen-bond acceptors (Lipinski definition) is 2. The molecule has 0 bridgehead atoms. The van der Waals surface area contributed by atoms with Gasteiger partial charge in [-0.05, 0) is 50.2 Å². The van der Waals surface area contributed by atoms with E-state index in [1.165, 1.54) is 11.8 Å². The lowest BCUT2D eigenvalue weighted by Crippen LogP contribution is -2.20. The Balaban J connectivity index is 2.28. The molecule has 0 spiro atoms. The summed E-state index contributed by atoms with van der Waals surface area (Å²) in [5.41, 5.74) is 3.21. The first-order valence-corrected chi connectivity index (χ1v) is 8.05. The van der Waals surface area contributed by atoms with Crippen molar-refractivity contribution in [1.29, 1.82) is 0 Å². The molecule has 0 fully saturated rings. The molecular weight excluding hydrogens is 333 g/mol. The molecule has 0 radical (unpaired) electrons. The minimum atomic E-state index is -0.224. The van der Waals surface area contributed by atoms with E-state index in [0.29, 0.717) is 0 Å². The number of hydrogen-bond donors (Lipinski definition) is 1. The second-order valence-corrected chi connectivity index (χ2v) is 5.96. The van der Waals surface area contributed by atoms with Crippen LogP contribution in [-0.2, 0) is 19.4 Å². The lowest BCUT2D eigenvalue weighted by Gasteiger charge is -2.17. The summed E-state index contributed by atoms with van der Waals surface area (Å²) in [6, 6.07) is 7.21. The molecule has 114 valence electrons. The van der Waals surface area contributed by atoms with Crippen LogP contribution in [0.5, 0.6) is 0 Å². The number of likely N-dealkylation sites (N-methyl/N-ethyl adjacent to an activating group) is 1. The standard InChI is InChI=1S/C16H21BrFN3/c1-4-14-9-15(21(5-2)20-14)10-16(19-3)11-6-12(17)8-13(18)7-11/h6-9,16,19H,4-5,10H2,1-3H3. The molecule has 5 heteroatoms. The van der Waals surface area contributed by atoms with Gasteiger partial charge in [-0.25, -0.2) is 4.39 Å². The summed E-state index contributed by atoms with van der Waals surface area (Å²) in [5.74, 6) is -0.224. The molecule has 21 heavy (non-hydrogen) atoms. The lowest BCUT2D eigenvalue weighted by atomic mass is 10.0. The zero-order chi connectivity index (χ0) is 15.4. The molecule has 1 N–H and O–H groups in total. The Hall–Kier alpha value is -1.20. The van der Waals surface area contributed by atoms with Gasteiger partial charge >= 0.3 is 0 Å². The van der Waals surface area contributed by atoms with Gasteiger partial charge in [0.1, 0.15) is 5.82 Å². The van der Waals surface area contributed by atoms with Gasteiger partial charge in [0.15, 0.2) is 0 Å². The molecule has 2 rings (SSSR count). The fourth-order valence-electron chi connectivity index (χ4n) is 2.50. The van der Waals surface area contributed by atoms with E-state index in [-0.39, 0.29) is 11.9 Å². The van der Waals surface area contributed by atoms with Crippen molar-refractivity contribution in [2.45, 2.75) is 39.3 Å². The molecule has 0 saturated heterocycles. The molecule has 2 aromatic rings. The number of rotatable bonds is 6. The highest BCUT2D eigenvalue weighted by Gasteiger charge is 2.15. The number of benzene rings is 1. The summed E-state index contributed by atoms with van der Waals surface area (Å²) in [7, 11) is 1.90. The van der Waals surface area contributed by atoms with Gasteiger partial charge in [0.05, 0.1) is 5.69 Å². The van der Waals surface area contributed by atoms with Gasteiger partial charge in [0.2, 0.25) is 0 Å². The van der Waals surface area contributed by atoms with Crippen LogP contribution >= 0.6 is 15.9 Å². The minimum Gasteiger partial charge on any atom is -0.313 e. The Kier molecular flexibility index (Phi) is 5.53. The van der Waals surface area contributed by atoms with E-state index in [0.717, 1.165) is 35.1 Å². The maximum atomic E-state index is 13.6. The number of nitrogens with zero attached hydrogens (tertiary/aromatic N) is 2. The summed E-state index contributed by atoms with van der Waals surface area (Å²) in [4.78, 5) is 0. The van der Waals surface area contributed by atoms with E-state index in [1.807, 2.05) is 17.8 Å². The van der Waals surface area contributed by atoms with Crippen LogP contribution in [0.3, 0.4) is 0 Å². The van der Waals surface area contributed by atoms with Gasteiger partial charge in [-0.3, -0.25) is 4.68 Å². The predicted octanol–water partition coefficient (Wildman–Crippen LogP) is 3.87. The summed E-state index contributed by atoms with van der Waals surface area (Å²) in [6.45, 7) is 5.03. The molecule has 1 aromatic carbocycles. The van der Waals surface area contributed by atoms with Crippen molar-refractivity contribution >= 4 is 15.9 Å². The van der Waals surface area contributed by atoms with E-state index >= 15 is 0 Å². The molecule has 0 amide bonds. The van der Waals surface area contributed by atoms with Crippen LogP contribution in [0.15, 0.2) is 28.7 Å². The molecule has 1 heterocycles. The zero-order valence-corrected chi connectivity index (χ0v) is 14.2. The highest BCUT2D eigenvalue weighted by atomic mass is 79.9. The largest absolute Gasteiger partial charge is 0.313 e. The van der Waals surface area contributed by atoms with E-state index < -0.39 is 0 Å². The van der Waals surface area contributed by atoms with Gasteiger partial charge in [0, 0.05) is 29.2 Å². The average molecular weight is 354 g/mol. The Morgan fingerprint density at radius 3 is 2.62 bits per heavy atom. The molecule has 0 aliphatic heterocycles. The Morgan fingerprint density at radius 2 is 2.05 bits per heavy atom. The normalized spacial score (nSPS) is 12.6. The molecule has 0 aliphatic carbocycles. The predicted molar refractivity (Wildman–Crippen MR) is 86.9 cm³/mol. The molecule has 0 saturated carbocycles. The van der Waals surface area contributed by atoms with Gasteiger partial charge in [0.25, 0.3) is 0 Å². The fraction of sp³-hybridized carbons (Fsp3) is 0.438. The second kappa shape index (κ2) is 7.18. The van der Waals surface area contributed by atoms with Crippen LogP contribution < -0.4 is 5.32 Å². The van der Waals surface area contributed by atoms with Crippen LogP contribution in [0.2, 0.25) is 0 Å². The van der Waals surface area contributed by atoms with Gasteiger partial charge in [-0.15, -0.1) is 0 Å². The van der Waals surface area contributed by atoms with Crippen molar-refractivity contribution < 1.29 is 4.39 Å². The van der Waals surface area contributed by atoms with Crippen LogP contribution in [0.4, 0.5) is 4.39 Å². The van der Waals surface area contributed by atoms with E-state index in [9.17, 15) is 4.39 Å². The number of aryl methyl sites for hydroxylation is 2. The van der Waals surface area contributed by atoms with Gasteiger partial charge in [-0.2, -0.15) is 5.10 Å². The molecule has 1 unspecified atom stereocenters. The van der Waals surface area contributed by atoms with E-state index in [1.54, 1.807) is 6.07 Å². The van der Waals surface area contributed by atoms with Crippen LogP contribution in [0, 0.1) is 5.82 Å². The highest BCUT2D eigenvalue weighted by molar-refractivity contribution is 9.10. The lowest BCUT2D eigenvalue weighted by molar-refractivity contribution is 0.535. The highest BCUT2D eigenvalue weighted by Crippen LogP contribution is 2.23. The van der Waals surface area contributed by atoms with Crippen LogP contribution in [-0.4, -0.2) is 16.8 Å². The van der Waals surface area contributed by atoms with Crippen molar-refractivity contribution in [1.82, 2.24) is 15.1 Å². The molecule has 0 aliphatic rings. The maximum absolute atomic E-state index is 13.6. The molecular formula is C16H21BrFN3. The third kappa shape index (κ3) is 3.92. The summed E-state index contributed by atoms with van der Waals surface area (Å²) >= 11 is 3.35. The van der Waals surface area contributed by atoms with Gasteiger partial charge < -0.3 is 5.32 Å². The maximum Gasteiger partial charge on any atom is 0.124 e. The Morgan fingerprint density at radius 1 is 1.29 bits per heavy atom. The number of nitrogens with one attached hydrogen (secondary N) is 1. The van der Waals surface area contributed by atoms with Crippen molar-refractivity contribution in [2.24, 2.45) is 0 Å². The molecule has 1 aromatic heterocycles. The SMILES string of the molecule is CCc1cc(CC(NC)c2cc(F)cc(Br)c2)n(CC)n1. The van der Waals surface area contributed by atoms with Crippen molar-refractivity contribution in [2.75, 3.05) is 7.05 Å². The van der Waals surface area contributed by atoms with Crippen molar-refractivity contribution in [3.05, 3.63) is 51.5 Å². The Bertz CT molecular complexity index is 589. The van der Waals surface area contributed by atoms with Crippen molar-refractivity contribution in [3.8, 4) is 0 Å². The monoisotopic (exact) mass is 353 g/mol. The van der Waals surface area contributed by atoms with Gasteiger partial charge in [-0.1, -0.05) is 22.9 Å². The first-order chi connectivity index (χ1) is 10.1. The average Bonchev–Trinajstić information content (AvgIpc) is 2.85. The Labute approximate surface area is 133 Å². The van der Waals surface area contributed by atoms with E-state index in [2.05, 4.69) is 46.3 Å². The first-order valence-electron chi connectivity index (χ1n) is 7.26. The van der Waals surface area contributed by atoms with Crippen LogP contribution in [0.25, 0.3) is 0 Å². The third-order valence-electron chi connectivity index (χ3n) is 3.62. The smallest absolute Gasteiger partial charge is 0.124 e. The van der Waals surface area contributed by atoms with Crippen molar-refractivity contribution in [3.63, 3.8) is 0 Å². The van der Waals surface area contributed by atoms with Crippen LogP contribution in [0.1, 0.15) is 36.8 Å². The topological polar surface area (TPSA) is 29.9 Å². The molecule has 3 nitrogen and oxygen atoms in total. The number of aromatic nitrogens is 2. The quantitative estimate of drug-likeness (QED) is 0.854. The fourth-order valence-corrected chi connectivity index (χ4v) is 2.98. The zero-order valence-electron chi connectivity index (χ0n) is 12.7. The molecule has 1 atom stereocenters. The summed E-state index contributed by atoms with van der Waals surface area (Å²) in [5, 5.41) is 7.84. The van der Waals surface area contributed by atoms with E-state index in [4.69, 9.17) is 0 Å². The third-order valence-corrected chi connectivity index (χ3v) is 4.08.